The summed E-state index contributed by atoms with van der Waals surface area (Å²) in [6.45, 7) is -0.332. The lowest BCUT2D eigenvalue weighted by molar-refractivity contribution is -0.205. The van der Waals surface area contributed by atoms with E-state index in [2.05, 4.69) is 5.32 Å². The summed E-state index contributed by atoms with van der Waals surface area (Å²) in [5.41, 5.74) is -3.19. The van der Waals surface area contributed by atoms with Gasteiger partial charge in [-0.25, -0.2) is 4.79 Å². The van der Waals surface area contributed by atoms with E-state index in [0.717, 1.165) is 0 Å². The summed E-state index contributed by atoms with van der Waals surface area (Å²) in [6.07, 6.45) is -3.65. The van der Waals surface area contributed by atoms with Crippen LogP contribution in [0.1, 0.15) is 12.7 Å². The fourth-order valence-corrected chi connectivity index (χ4v) is 1.22. The molecule has 0 saturated heterocycles. The maximum Gasteiger partial charge on any atom is 0.417 e. The van der Waals surface area contributed by atoms with Crippen LogP contribution in [0.25, 0.3) is 0 Å². The molecule has 0 aliphatic carbocycles. The van der Waals surface area contributed by atoms with Gasteiger partial charge in [0, 0.05) is 0 Å². The van der Waals surface area contributed by atoms with Crippen LogP contribution < -0.4 is 10.6 Å². The first-order valence-electron chi connectivity index (χ1n) is 5.51. The standard InChI is InChI=1S/C11H13F3N2O4/c1-10(9(18)19,11(12,13)14)16-6-8(17)15-5-7-3-2-4-20-7/h2-4,16H,5-6H2,1H3,(H,15,17)(H,18,19). The fraction of sp³-hybridized carbons (Fsp3) is 0.455. The van der Waals surface area contributed by atoms with E-state index in [1.54, 1.807) is 17.4 Å². The number of carbonyl (C=O) groups excluding carboxylic acids is 1. The average Bonchev–Trinajstić information content (AvgIpc) is 2.84. The highest BCUT2D eigenvalue weighted by molar-refractivity contribution is 5.82. The third-order valence-electron chi connectivity index (χ3n) is 2.64. The Morgan fingerprint density at radius 2 is 2.05 bits per heavy atom. The zero-order valence-electron chi connectivity index (χ0n) is 10.5. The highest BCUT2D eigenvalue weighted by atomic mass is 19.4. The Balaban J connectivity index is 2.51. The molecule has 0 aromatic carbocycles. The zero-order chi connectivity index (χ0) is 15.4. The molecule has 20 heavy (non-hydrogen) atoms. The van der Waals surface area contributed by atoms with Crippen LogP contribution in [0.4, 0.5) is 13.2 Å². The molecule has 1 unspecified atom stereocenters. The molecule has 1 aromatic heterocycles. The SMILES string of the molecule is CC(NCC(=O)NCc1ccco1)(C(=O)O)C(F)(F)F. The molecule has 0 radical (unpaired) electrons. The Kier molecular flexibility index (Phi) is 4.77. The van der Waals surface area contributed by atoms with E-state index in [0.29, 0.717) is 12.7 Å². The van der Waals surface area contributed by atoms with Crippen LogP contribution >= 0.6 is 0 Å². The number of amides is 1. The summed E-state index contributed by atoms with van der Waals surface area (Å²) < 4.78 is 42.8. The summed E-state index contributed by atoms with van der Waals surface area (Å²) in [7, 11) is 0. The minimum atomic E-state index is -5.03. The number of aliphatic carboxylic acids is 1. The number of carboxylic acids is 1. The summed E-state index contributed by atoms with van der Waals surface area (Å²) in [4.78, 5) is 22.1. The lowest BCUT2D eigenvalue weighted by atomic mass is 10.0. The molecule has 0 fully saturated rings. The Hall–Kier alpha value is -2.03. The largest absolute Gasteiger partial charge is 0.480 e. The van der Waals surface area contributed by atoms with Crippen molar-refractivity contribution in [1.29, 1.82) is 0 Å². The molecule has 9 heteroatoms. The number of halogens is 3. The molecule has 1 atom stereocenters. The Bertz CT molecular complexity index is 473. The number of carboxylic acid groups (broad SMARTS) is 1. The normalized spacial score (nSPS) is 14.6. The van der Waals surface area contributed by atoms with E-state index in [1.807, 2.05) is 0 Å². The molecule has 1 heterocycles. The van der Waals surface area contributed by atoms with Crippen molar-refractivity contribution in [3.8, 4) is 0 Å². The molecular formula is C11H13F3N2O4. The van der Waals surface area contributed by atoms with Gasteiger partial charge in [-0.05, 0) is 19.1 Å². The number of furan rings is 1. The van der Waals surface area contributed by atoms with Crippen LogP contribution in [0.3, 0.4) is 0 Å². The summed E-state index contributed by atoms with van der Waals surface area (Å²) in [6, 6.07) is 3.16. The predicted octanol–water partition coefficient (Wildman–Crippen LogP) is 0.891. The summed E-state index contributed by atoms with van der Waals surface area (Å²) in [5, 5.41) is 12.6. The van der Waals surface area contributed by atoms with Crippen LogP contribution in [-0.2, 0) is 16.1 Å². The predicted molar refractivity (Wildman–Crippen MR) is 60.7 cm³/mol. The van der Waals surface area contributed by atoms with E-state index in [-0.39, 0.29) is 6.54 Å². The molecule has 0 aliphatic rings. The first-order chi connectivity index (χ1) is 9.17. The van der Waals surface area contributed by atoms with Crippen molar-refractivity contribution < 1.29 is 32.3 Å². The molecular weight excluding hydrogens is 281 g/mol. The van der Waals surface area contributed by atoms with Crippen LogP contribution in [0, 0.1) is 0 Å². The first-order valence-corrected chi connectivity index (χ1v) is 5.51. The van der Waals surface area contributed by atoms with Crippen LogP contribution in [-0.4, -0.2) is 35.2 Å². The van der Waals surface area contributed by atoms with Crippen molar-refractivity contribution in [3.05, 3.63) is 24.2 Å². The minimum absolute atomic E-state index is 0.00329. The van der Waals surface area contributed by atoms with Gasteiger partial charge in [-0.2, -0.15) is 13.2 Å². The fourth-order valence-electron chi connectivity index (χ4n) is 1.22. The molecule has 0 spiro atoms. The lowest BCUT2D eigenvalue weighted by Crippen LogP contribution is -2.61. The molecule has 1 amide bonds. The molecule has 1 aromatic rings. The topological polar surface area (TPSA) is 91.6 Å². The maximum atomic E-state index is 12.6. The van der Waals surface area contributed by atoms with Gasteiger partial charge in [-0.1, -0.05) is 0 Å². The minimum Gasteiger partial charge on any atom is -0.480 e. The van der Waals surface area contributed by atoms with Crippen molar-refractivity contribution in [1.82, 2.24) is 10.6 Å². The van der Waals surface area contributed by atoms with E-state index < -0.39 is 30.1 Å². The summed E-state index contributed by atoms with van der Waals surface area (Å²) >= 11 is 0. The number of rotatable bonds is 6. The molecule has 112 valence electrons. The number of hydrogen-bond acceptors (Lipinski definition) is 4. The third kappa shape index (κ3) is 3.73. The molecule has 0 saturated carbocycles. The second-order valence-corrected chi connectivity index (χ2v) is 4.14. The Morgan fingerprint density at radius 1 is 1.40 bits per heavy atom. The van der Waals surface area contributed by atoms with E-state index in [1.165, 1.54) is 6.26 Å². The molecule has 0 aliphatic heterocycles. The molecule has 0 bridgehead atoms. The highest BCUT2D eigenvalue weighted by Gasteiger charge is 2.57. The monoisotopic (exact) mass is 294 g/mol. The van der Waals surface area contributed by atoms with E-state index in [9.17, 15) is 22.8 Å². The van der Waals surface area contributed by atoms with Crippen LogP contribution in [0.15, 0.2) is 22.8 Å². The second kappa shape index (κ2) is 5.95. The Morgan fingerprint density at radius 3 is 2.50 bits per heavy atom. The quantitative estimate of drug-likeness (QED) is 0.725. The van der Waals surface area contributed by atoms with Crippen LogP contribution in [0.2, 0.25) is 0 Å². The summed E-state index contributed by atoms with van der Waals surface area (Å²) in [5.74, 6) is -2.46. The van der Waals surface area contributed by atoms with Gasteiger partial charge in [0.05, 0.1) is 19.4 Å². The van der Waals surface area contributed by atoms with Gasteiger partial charge in [-0.3, -0.25) is 10.1 Å². The second-order valence-electron chi connectivity index (χ2n) is 4.14. The number of alkyl halides is 3. The van der Waals surface area contributed by atoms with Gasteiger partial charge in [0.1, 0.15) is 5.76 Å². The van der Waals surface area contributed by atoms with Crippen molar-refractivity contribution in [2.75, 3.05) is 6.54 Å². The van der Waals surface area contributed by atoms with Crippen molar-refractivity contribution in [3.63, 3.8) is 0 Å². The van der Waals surface area contributed by atoms with Crippen molar-refractivity contribution in [2.45, 2.75) is 25.2 Å². The highest BCUT2D eigenvalue weighted by Crippen LogP contribution is 2.30. The number of nitrogens with one attached hydrogen (secondary N) is 2. The Labute approximate surface area is 111 Å². The lowest BCUT2D eigenvalue weighted by Gasteiger charge is -2.28. The van der Waals surface area contributed by atoms with E-state index in [4.69, 9.17) is 9.52 Å². The van der Waals surface area contributed by atoms with Gasteiger partial charge in [0.2, 0.25) is 11.4 Å². The van der Waals surface area contributed by atoms with Gasteiger partial charge in [0.25, 0.3) is 0 Å². The van der Waals surface area contributed by atoms with Gasteiger partial charge >= 0.3 is 12.1 Å². The van der Waals surface area contributed by atoms with Gasteiger partial charge in [-0.15, -0.1) is 0 Å². The zero-order valence-corrected chi connectivity index (χ0v) is 10.5. The van der Waals surface area contributed by atoms with Crippen molar-refractivity contribution in [2.24, 2.45) is 0 Å². The third-order valence-corrected chi connectivity index (χ3v) is 2.64. The van der Waals surface area contributed by atoms with Gasteiger partial charge in [0.15, 0.2) is 0 Å². The molecule has 3 N–H and O–H groups in total. The van der Waals surface area contributed by atoms with Crippen LogP contribution in [0.5, 0.6) is 0 Å². The number of hydrogen-bond donors (Lipinski definition) is 3. The number of carbonyl (C=O) groups is 2. The van der Waals surface area contributed by atoms with E-state index >= 15 is 0 Å². The maximum absolute atomic E-state index is 12.6. The first kappa shape index (κ1) is 16.0. The molecule has 6 nitrogen and oxygen atoms in total. The molecule has 1 rings (SSSR count). The smallest absolute Gasteiger partial charge is 0.417 e. The van der Waals surface area contributed by atoms with Gasteiger partial charge < -0.3 is 14.8 Å². The van der Waals surface area contributed by atoms with Crippen molar-refractivity contribution >= 4 is 11.9 Å². The average molecular weight is 294 g/mol.